The van der Waals surface area contributed by atoms with E-state index in [4.69, 9.17) is 0 Å². The predicted octanol–water partition coefficient (Wildman–Crippen LogP) is 2.31. The summed E-state index contributed by atoms with van der Waals surface area (Å²) in [6, 6.07) is 10.9. The summed E-state index contributed by atoms with van der Waals surface area (Å²) in [4.78, 5) is 8.74. The number of aromatic nitrogens is 1. The molecule has 2 unspecified atom stereocenters. The van der Waals surface area contributed by atoms with Gasteiger partial charge in [-0.2, -0.15) is 0 Å². The summed E-state index contributed by atoms with van der Waals surface area (Å²) >= 11 is 0. The zero-order valence-corrected chi connectivity index (χ0v) is 11.9. The van der Waals surface area contributed by atoms with Crippen molar-refractivity contribution in [1.82, 2.24) is 15.6 Å². The van der Waals surface area contributed by atoms with Crippen molar-refractivity contribution in [3.8, 4) is 0 Å². The highest BCUT2D eigenvalue weighted by molar-refractivity contribution is 5.83. The second kappa shape index (κ2) is 5.49. The first kappa shape index (κ1) is 12.9. The molecule has 0 aliphatic heterocycles. The molecule has 4 heteroatoms. The normalized spacial score (nSPS) is 21.8. The Morgan fingerprint density at radius 2 is 2.15 bits per heavy atom. The van der Waals surface area contributed by atoms with Crippen molar-refractivity contribution in [2.45, 2.75) is 25.9 Å². The molecule has 1 aliphatic carbocycles. The number of hydrogen-bond donors (Lipinski definition) is 2. The SMILES string of the molecule is CN=C(NCc1cccc2cccnc12)NC1CC1C. The summed E-state index contributed by atoms with van der Waals surface area (Å²) in [7, 11) is 1.81. The van der Waals surface area contributed by atoms with Crippen LogP contribution in [0.5, 0.6) is 0 Å². The van der Waals surface area contributed by atoms with Crippen molar-refractivity contribution >= 4 is 16.9 Å². The van der Waals surface area contributed by atoms with Gasteiger partial charge in [-0.25, -0.2) is 0 Å². The molecule has 2 N–H and O–H groups in total. The van der Waals surface area contributed by atoms with E-state index in [2.05, 4.69) is 51.8 Å². The van der Waals surface area contributed by atoms with Gasteiger partial charge in [0.05, 0.1) is 5.52 Å². The van der Waals surface area contributed by atoms with Crippen LogP contribution in [0.15, 0.2) is 41.5 Å². The van der Waals surface area contributed by atoms with Crippen LogP contribution in [0.4, 0.5) is 0 Å². The number of nitrogens with one attached hydrogen (secondary N) is 2. The third-order valence-electron chi connectivity index (χ3n) is 3.82. The van der Waals surface area contributed by atoms with E-state index in [1.54, 1.807) is 0 Å². The predicted molar refractivity (Wildman–Crippen MR) is 82.6 cm³/mol. The Morgan fingerprint density at radius 1 is 1.35 bits per heavy atom. The number of fused-ring (bicyclic) bond motifs is 1. The van der Waals surface area contributed by atoms with Gasteiger partial charge < -0.3 is 10.6 Å². The fourth-order valence-corrected chi connectivity index (χ4v) is 2.38. The summed E-state index contributed by atoms with van der Waals surface area (Å²) < 4.78 is 0. The topological polar surface area (TPSA) is 49.3 Å². The maximum Gasteiger partial charge on any atom is 0.191 e. The molecule has 104 valence electrons. The van der Waals surface area contributed by atoms with Crippen molar-refractivity contribution in [2.24, 2.45) is 10.9 Å². The van der Waals surface area contributed by atoms with Gasteiger partial charge in [-0.3, -0.25) is 9.98 Å². The minimum Gasteiger partial charge on any atom is -0.353 e. The average molecular weight is 268 g/mol. The lowest BCUT2D eigenvalue weighted by atomic mass is 10.1. The van der Waals surface area contributed by atoms with Crippen molar-refractivity contribution in [3.63, 3.8) is 0 Å². The number of hydrogen-bond acceptors (Lipinski definition) is 2. The van der Waals surface area contributed by atoms with Crippen LogP contribution >= 0.6 is 0 Å². The lowest BCUT2D eigenvalue weighted by molar-refractivity contribution is 0.764. The summed E-state index contributed by atoms with van der Waals surface area (Å²) in [6.07, 6.45) is 3.07. The Bertz CT molecular complexity index is 630. The van der Waals surface area contributed by atoms with Crippen LogP contribution in [0.2, 0.25) is 0 Å². The Kier molecular flexibility index (Phi) is 3.54. The third-order valence-corrected chi connectivity index (χ3v) is 3.82. The summed E-state index contributed by atoms with van der Waals surface area (Å²) in [6.45, 7) is 2.98. The number of nitrogens with zero attached hydrogens (tertiary/aromatic N) is 2. The van der Waals surface area contributed by atoms with E-state index in [1.165, 1.54) is 17.4 Å². The van der Waals surface area contributed by atoms with Gasteiger partial charge in [0.1, 0.15) is 0 Å². The Hall–Kier alpha value is -2.10. The summed E-state index contributed by atoms with van der Waals surface area (Å²) in [5, 5.41) is 7.97. The molecule has 2 aromatic rings. The van der Waals surface area contributed by atoms with Crippen LogP contribution in [0, 0.1) is 5.92 Å². The molecule has 2 atom stereocenters. The van der Waals surface area contributed by atoms with Crippen molar-refractivity contribution < 1.29 is 0 Å². The molecule has 0 bridgehead atoms. The summed E-state index contributed by atoms with van der Waals surface area (Å²) in [5.41, 5.74) is 2.24. The van der Waals surface area contributed by atoms with Crippen LogP contribution in [-0.4, -0.2) is 24.0 Å². The monoisotopic (exact) mass is 268 g/mol. The molecule has 0 amide bonds. The molecule has 4 nitrogen and oxygen atoms in total. The molecule has 20 heavy (non-hydrogen) atoms. The molecule has 1 saturated carbocycles. The highest BCUT2D eigenvalue weighted by Crippen LogP contribution is 2.28. The zero-order chi connectivity index (χ0) is 13.9. The van der Waals surface area contributed by atoms with E-state index in [-0.39, 0.29) is 0 Å². The van der Waals surface area contributed by atoms with E-state index in [0.717, 1.165) is 23.9 Å². The molecule has 1 heterocycles. The van der Waals surface area contributed by atoms with Gasteiger partial charge in [0, 0.05) is 31.2 Å². The number of benzene rings is 1. The number of guanidine groups is 1. The van der Waals surface area contributed by atoms with E-state index in [0.29, 0.717) is 6.04 Å². The number of aliphatic imine (C=N–C) groups is 1. The van der Waals surface area contributed by atoms with Crippen LogP contribution in [0.1, 0.15) is 18.9 Å². The van der Waals surface area contributed by atoms with Crippen LogP contribution < -0.4 is 10.6 Å². The number of para-hydroxylation sites is 1. The van der Waals surface area contributed by atoms with E-state index >= 15 is 0 Å². The molecular formula is C16H20N4. The molecule has 0 spiro atoms. The largest absolute Gasteiger partial charge is 0.353 e. The molecule has 0 saturated heterocycles. The quantitative estimate of drug-likeness (QED) is 0.663. The highest BCUT2D eigenvalue weighted by atomic mass is 15.2. The molecule has 1 aromatic heterocycles. The first-order chi connectivity index (χ1) is 9.78. The Morgan fingerprint density at radius 3 is 2.90 bits per heavy atom. The van der Waals surface area contributed by atoms with Gasteiger partial charge in [-0.1, -0.05) is 31.2 Å². The van der Waals surface area contributed by atoms with E-state index in [9.17, 15) is 0 Å². The van der Waals surface area contributed by atoms with Crippen LogP contribution in [-0.2, 0) is 6.54 Å². The third kappa shape index (κ3) is 2.74. The maximum atomic E-state index is 4.47. The van der Waals surface area contributed by atoms with E-state index in [1.807, 2.05) is 19.3 Å². The Labute approximate surface area is 119 Å². The lowest BCUT2D eigenvalue weighted by Gasteiger charge is -2.12. The number of rotatable bonds is 3. The molecular weight excluding hydrogens is 248 g/mol. The molecule has 0 radical (unpaired) electrons. The fraction of sp³-hybridized carbons (Fsp3) is 0.375. The molecule has 1 aromatic carbocycles. The van der Waals surface area contributed by atoms with Gasteiger partial charge in [0.2, 0.25) is 0 Å². The fourth-order valence-electron chi connectivity index (χ4n) is 2.38. The zero-order valence-electron chi connectivity index (χ0n) is 11.9. The maximum absolute atomic E-state index is 4.47. The Balaban J connectivity index is 1.70. The van der Waals surface area contributed by atoms with Crippen molar-refractivity contribution in [3.05, 3.63) is 42.1 Å². The minimum atomic E-state index is 0.576. The second-order valence-electron chi connectivity index (χ2n) is 5.38. The lowest BCUT2D eigenvalue weighted by Crippen LogP contribution is -2.38. The number of pyridine rings is 1. The van der Waals surface area contributed by atoms with E-state index < -0.39 is 0 Å². The van der Waals surface area contributed by atoms with Crippen LogP contribution in [0.25, 0.3) is 10.9 Å². The molecule has 3 rings (SSSR count). The van der Waals surface area contributed by atoms with Crippen molar-refractivity contribution in [1.29, 1.82) is 0 Å². The first-order valence-electron chi connectivity index (χ1n) is 7.07. The van der Waals surface area contributed by atoms with Gasteiger partial charge in [0.25, 0.3) is 0 Å². The highest BCUT2D eigenvalue weighted by Gasteiger charge is 2.33. The van der Waals surface area contributed by atoms with Crippen molar-refractivity contribution in [2.75, 3.05) is 7.05 Å². The van der Waals surface area contributed by atoms with Gasteiger partial charge in [-0.15, -0.1) is 0 Å². The minimum absolute atomic E-state index is 0.576. The average Bonchev–Trinajstić information content (AvgIpc) is 3.18. The molecule has 1 fully saturated rings. The first-order valence-corrected chi connectivity index (χ1v) is 7.07. The smallest absolute Gasteiger partial charge is 0.191 e. The van der Waals surface area contributed by atoms with Gasteiger partial charge >= 0.3 is 0 Å². The standard InChI is InChI=1S/C16H20N4/c1-11-9-14(11)20-16(17-2)19-10-13-6-3-5-12-7-4-8-18-15(12)13/h3-8,11,14H,9-10H2,1-2H3,(H2,17,19,20). The second-order valence-corrected chi connectivity index (χ2v) is 5.38. The van der Waals surface area contributed by atoms with Gasteiger partial charge in [0.15, 0.2) is 5.96 Å². The van der Waals surface area contributed by atoms with Gasteiger partial charge in [-0.05, 0) is 24.0 Å². The van der Waals surface area contributed by atoms with Crippen LogP contribution in [0.3, 0.4) is 0 Å². The molecule has 1 aliphatic rings. The summed E-state index contributed by atoms with van der Waals surface area (Å²) in [5.74, 6) is 1.63.